The molecule has 0 spiro atoms. The van der Waals surface area contributed by atoms with E-state index in [1.54, 1.807) is 23.5 Å². The fourth-order valence-electron chi connectivity index (χ4n) is 3.63. The molecule has 0 bridgehead atoms. The standard InChI is InChI=1S/C22H24F3N3O5S/c1-2-32-20(31)21(22(23,24)25,27-16(29)12-33-13-8-4-3-5-9-13)28-19-17(18(26)30)14-10-6-7-11-15(14)34-19/h3-5,8-9,28H,2,6-7,10-12H2,1H3,(H2,26,30)(H,27,29). The summed E-state index contributed by atoms with van der Waals surface area (Å²) in [5.74, 6) is -3.69. The van der Waals surface area contributed by atoms with Gasteiger partial charge in [0.2, 0.25) is 0 Å². The van der Waals surface area contributed by atoms with Crippen molar-refractivity contribution in [1.82, 2.24) is 5.32 Å². The maximum Gasteiger partial charge on any atom is 0.441 e. The van der Waals surface area contributed by atoms with Gasteiger partial charge >= 0.3 is 17.8 Å². The minimum atomic E-state index is -5.35. The number of fused-ring (bicyclic) bond motifs is 1. The van der Waals surface area contributed by atoms with E-state index in [4.69, 9.17) is 10.5 Å². The molecule has 1 heterocycles. The number of esters is 1. The van der Waals surface area contributed by atoms with E-state index in [1.165, 1.54) is 19.1 Å². The number of amides is 2. The summed E-state index contributed by atoms with van der Waals surface area (Å²) in [4.78, 5) is 38.1. The number of benzene rings is 1. The van der Waals surface area contributed by atoms with Gasteiger partial charge in [0.1, 0.15) is 10.8 Å². The van der Waals surface area contributed by atoms with Gasteiger partial charge in [0.05, 0.1) is 12.2 Å². The highest BCUT2D eigenvalue weighted by Gasteiger charge is 2.64. The second-order valence-electron chi connectivity index (χ2n) is 7.52. The number of carbonyl (C=O) groups excluding carboxylic acids is 3. The fraction of sp³-hybridized carbons (Fsp3) is 0.409. The second-order valence-corrected chi connectivity index (χ2v) is 8.63. The van der Waals surface area contributed by atoms with Gasteiger partial charge in [0, 0.05) is 4.88 Å². The molecule has 8 nitrogen and oxygen atoms in total. The van der Waals surface area contributed by atoms with Crippen LogP contribution in [0.4, 0.5) is 18.2 Å². The number of rotatable bonds is 9. The Labute approximate surface area is 197 Å². The first-order valence-electron chi connectivity index (χ1n) is 10.5. The van der Waals surface area contributed by atoms with E-state index in [2.05, 4.69) is 10.1 Å². The highest BCUT2D eigenvalue weighted by molar-refractivity contribution is 7.16. The maximum atomic E-state index is 14.4. The summed E-state index contributed by atoms with van der Waals surface area (Å²) < 4.78 is 53.2. The lowest BCUT2D eigenvalue weighted by atomic mass is 9.95. The van der Waals surface area contributed by atoms with Crippen LogP contribution in [0.5, 0.6) is 5.75 Å². The molecule has 0 saturated heterocycles. The van der Waals surface area contributed by atoms with Crippen molar-refractivity contribution in [3.8, 4) is 5.75 Å². The molecule has 4 N–H and O–H groups in total. The van der Waals surface area contributed by atoms with E-state index < -0.39 is 36.2 Å². The average molecular weight is 500 g/mol. The monoisotopic (exact) mass is 499 g/mol. The summed E-state index contributed by atoms with van der Waals surface area (Å²) in [5.41, 5.74) is 2.26. The first kappa shape index (κ1) is 25.3. The lowest BCUT2D eigenvalue weighted by Crippen LogP contribution is -2.70. The van der Waals surface area contributed by atoms with Gasteiger partial charge < -0.3 is 25.8 Å². The quantitative estimate of drug-likeness (QED) is 0.360. The molecule has 2 amide bonds. The number of halogens is 3. The molecular weight excluding hydrogens is 475 g/mol. The summed E-state index contributed by atoms with van der Waals surface area (Å²) in [6, 6.07) is 7.98. The molecule has 1 atom stereocenters. The van der Waals surface area contributed by atoms with Crippen molar-refractivity contribution >= 4 is 34.1 Å². The molecule has 3 rings (SSSR count). The Morgan fingerprint density at radius 3 is 2.41 bits per heavy atom. The number of para-hydroxylation sites is 1. The lowest BCUT2D eigenvalue weighted by Gasteiger charge is -2.35. The van der Waals surface area contributed by atoms with Crippen LogP contribution in [-0.4, -0.2) is 42.8 Å². The minimum Gasteiger partial charge on any atom is -0.484 e. The van der Waals surface area contributed by atoms with E-state index in [1.807, 2.05) is 0 Å². The third-order valence-electron chi connectivity index (χ3n) is 5.17. The number of nitrogens with two attached hydrogens (primary N) is 1. The number of thiophene rings is 1. The molecule has 1 aliphatic carbocycles. The zero-order chi connectivity index (χ0) is 24.9. The highest BCUT2D eigenvalue weighted by atomic mass is 32.1. The Morgan fingerprint density at radius 1 is 1.12 bits per heavy atom. The Kier molecular flexibility index (Phi) is 7.70. The third-order valence-corrected chi connectivity index (χ3v) is 6.37. The molecule has 1 aliphatic rings. The molecule has 1 unspecified atom stereocenters. The van der Waals surface area contributed by atoms with Gasteiger partial charge in [-0.2, -0.15) is 13.2 Å². The van der Waals surface area contributed by atoms with Gasteiger partial charge in [-0.3, -0.25) is 9.59 Å². The number of alkyl halides is 3. The first-order chi connectivity index (χ1) is 16.1. The fourth-order valence-corrected chi connectivity index (χ4v) is 4.98. The molecular formula is C22H24F3N3O5S. The maximum absolute atomic E-state index is 14.4. The lowest BCUT2D eigenvalue weighted by molar-refractivity contribution is -0.208. The predicted molar refractivity (Wildman–Crippen MR) is 119 cm³/mol. The molecule has 184 valence electrons. The minimum absolute atomic E-state index is 0.118. The molecule has 1 aromatic carbocycles. The van der Waals surface area contributed by atoms with E-state index in [9.17, 15) is 27.6 Å². The number of nitrogens with one attached hydrogen (secondary N) is 2. The van der Waals surface area contributed by atoms with Crippen molar-refractivity contribution in [3.63, 3.8) is 0 Å². The smallest absolute Gasteiger partial charge is 0.441 e. The zero-order valence-electron chi connectivity index (χ0n) is 18.3. The molecule has 1 aromatic heterocycles. The van der Waals surface area contributed by atoms with Gasteiger partial charge in [0.25, 0.3) is 11.8 Å². The second kappa shape index (κ2) is 10.3. The Balaban J connectivity index is 1.98. The van der Waals surface area contributed by atoms with Crippen LogP contribution in [0.2, 0.25) is 0 Å². The van der Waals surface area contributed by atoms with Gasteiger partial charge in [-0.1, -0.05) is 18.2 Å². The van der Waals surface area contributed by atoms with Crippen LogP contribution in [0.15, 0.2) is 30.3 Å². The van der Waals surface area contributed by atoms with Gasteiger partial charge in [-0.05, 0) is 50.3 Å². The summed E-state index contributed by atoms with van der Waals surface area (Å²) in [6.07, 6.45) is -2.75. The van der Waals surface area contributed by atoms with Crippen LogP contribution < -0.4 is 21.1 Å². The highest BCUT2D eigenvalue weighted by Crippen LogP contribution is 2.42. The van der Waals surface area contributed by atoms with Crippen molar-refractivity contribution in [2.75, 3.05) is 18.5 Å². The van der Waals surface area contributed by atoms with Crippen molar-refractivity contribution in [3.05, 3.63) is 46.3 Å². The van der Waals surface area contributed by atoms with Crippen molar-refractivity contribution in [2.24, 2.45) is 5.73 Å². The van der Waals surface area contributed by atoms with Crippen molar-refractivity contribution in [1.29, 1.82) is 0 Å². The first-order valence-corrected chi connectivity index (χ1v) is 11.4. The molecule has 0 radical (unpaired) electrons. The molecule has 34 heavy (non-hydrogen) atoms. The number of carbonyl (C=O) groups is 3. The van der Waals surface area contributed by atoms with Crippen LogP contribution in [0.25, 0.3) is 0 Å². The van der Waals surface area contributed by atoms with E-state index >= 15 is 0 Å². The zero-order valence-corrected chi connectivity index (χ0v) is 19.1. The van der Waals surface area contributed by atoms with E-state index in [-0.39, 0.29) is 22.9 Å². The Morgan fingerprint density at radius 2 is 1.79 bits per heavy atom. The van der Waals surface area contributed by atoms with Gasteiger partial charge in [-0.15, -0.1) is 11.3 Å². The Hall–Kier alpha value is -3.28. The molecule has 0 aliphatic heterocycles. The average Bonchev–Trinajstić information content (AvgIpc) is 3.15. The van der Waals surface area contributed by atoms with E-state index in [0.29, 0.717) is 23.3 Å². The topological polar surface area (TPSA) is 120 Å². The van der Waals surface area contributed by atoms with Gasteiger partial charge in [0.15, 0.2) is 6.61 Å². The van der Waals surface area contributed by atoms with Crippen LogP contribution >= 0.6 is 11.3 Å². The summed E-state index contributed by atoms with van der Waals surface area (Å²) >= 11 is 0.904. The molecule has 12 heteroatoms. The van der Waals surface area contributed by atoms with Gasteiger partial charge in [-0.25, -0.2) is 4.79 Å². The number of hydrogen-bond donors (Lipinski definition) is 3. The molecule has 0 saturated carbocycles. The molecule has 2 aromatic rings. The molecule has 0 fully saturated rings. The van der Waals surface area contributed by atoms with Crippen LogP contribution in [0, 0.1) is 0 Å². The van der Waals surface area contributed by atoms with Crippen LogP contribution in [-0.2, 0) is 27.2 Å². The van der Waals surface area contributed by atoms with Crippen molar-refractivity contribution in [2.45, 2.75) is 44.4 Å². The number of hydrogen-bond acceptors (Lipinski definition) is 7. The SMILES string of the molecule is CCOC(=O)C(NC(=O)COc1ccccc1)(Nc1sc2c(c1C(N)=O)CCCC2)C(F)(F)F. The summed E-state index contributed by atoms with van der Waals surface area (Å²) in [6.45, 7) is 0.156. The number of aryl methyl sites for hydroxylation is 1. The number of ether oxygens (including phenoxy) is 2. The van der Waals surface area contributed by atoms with Crippen LogP contribution in [0.1, 0.15) is 40.6 Å². The van der Waals surface area contributed by atoms with E-state index in [0.717, 1.165) is 24.2 Å². The number of anilines is 1. The normalized spacial score (nSPS) is 14.9. The summed E-state index contributed by atoms with van der Waals surface area (Å²) in [5, 5.41) is 3.53. The largest absolute Gasteiger partial charge is 0.484 e. The predicted octanol–water partition coefficient (Wildman–Crippen LogP) is 3.15. The summed E-state index contributed by atoms with van der Waals surface area (Å²) in [7, 11) is 0. The Bertz CT molecular complexity index is 1060. The van der Waals surface area contributed by atoms with Crippen LogP contribution in [0.3, 0.4) is 0 Å². The van der Waals surface area contributed by atoms with Crippen molar-refractivity contribution < 1.29 is 37.0 Å². The number of primary amides is 1. The third kappa shape index (κ3) is 5.27.